The Kier molecular flexibility index (Phi) is 5.26. The highest BCUT2D eigenvalue weighted by Gasteiger charge is 2.71. The maximum absolute atomic E-state index is 13.2. The van der Waals surface area contributed by atoms with E-state index in [9.17, 15) is 9.90 Å². The van der Waals surface area contributed by atoms with E-state index in [4.69, 9.17) is 0 Å². The summed E-state index contributed by atoms with van der Waals surface area (Å²) < 4.78 is 0. The van der Waals surface area contributed by atoms with Gasteiger partial charge in [-0.2, -0.15) is 0 Å². The monoisotopic (exact) mass is 454 g/mol. The highest BCUT2D eigenvalue weighted by molar-refractivity contribution is 5.83. The van der Waals surface area contributed by atoms with Gasteiger partial charge >= 0.3 is 0 Å². The molecule has 5 aliphatic rings. The van der Waals surface area contributed by atoms with E-state index in [1.165, 1.54) is 44.1 Å². The minimum absolute atomic E-state index is 0.0128. The minimum atomic E-state index is -0.160. The molecule has 10 atom stereocenters. The number of hydrogen-bond acceptors (Lipinski definition) is 2. The van der Waals surface area contributed by atoms with Gasteiger partial charge in [0.05, 0.1) is 6.10 Å². The number of Topliss-reactive ketones (excluding diaryl/α,β-unsaturated/α-hetero) is 1. The van der Waals surface area contributed by atoms with E-state index in [1.54, 1.807) is 0 Å². The third-order valence-electron chi connectivity index (χ3n) is 13.7. The van der Waals surface area contributed by atoms with Crippen LogP contribution in [0.1, 0.15) is 113 Å². The van der Waals surface area contributed by atoms with Crippen molar-refractivity contribution in [3.8, 4) is 0 Å². The van der Waals surface area contributed by atoms with Crippen molar-refractivity contribution in [2.24, 2.45) is 56.7 Å². The van der Waals surface area contributed by atoms with Crippen LogP contribution in [-0.2, 0) is 4.79 Å². The molecular formula is C31H50O2. The molecule has 5 fully saturated rings. The molecule has 0 aromatic carbocycles. The third-order valence-corrected chi connectivity index (χ3v) is 13.7. The van der Waals surface area contributed by atoms with E-state index in [2.05, 4.69) is 48.1 Å². The fourth-order valence-corrected chi connectivity index (χ4v) is 11.7. The molecule has 0 amide bonds. The van der Waals surface area contributed by atoms with Crippen LogP contribution < -0.4 is 0 Å². The van der Waals surface area contributed by atoms with Crippen LogP contribution in [0.4, 0.5) is 0 Å². The molecule has 2 nitrogen and oxygen atoms in total. The van der Waals surface area contributed by atoms with Gasteiger partial charge in [-0.1, -0.05) is 46.8 Å². The van der Waals surface area contributed by atoms with E-state index in [0.717, 1.165) is 31.6 Å². The first-order valence-electron chi connectivity index (χ1n) is 14.1. The molecule has 0 aliphatic heterocycles. The molecule has 0 aromatic heterocycles. The number of carbonyl (C=O) groups excluding carboxylic acids is 1. The number of rotatable bonds is 2. The zero-order valence-electron chi connectivity index (χ0n) is 22.6. The predicted molar refractivity (Wildman–Crippen MR) is 136 cm³/mol. The van der Waals surface area contributed by atoms with Crippen LogP contribution in [0.2, 0.25) is 0 Å². The number of carbonyl (C=O) groups is 1. The van der Waals surface area contributed by atoms with E-state index < -0.39 is 0 Å². The number of ketones is 1. The van der Waals surface area contributed by atoms with Crippen molar-refractivity contribution in [1.82, 2.24) is 0 Å². The summed E-state index contributed by atoms with van der Waals surface area (Å²) in [6.45, 7) is 21.1. The fourth-order valence-electron chi connectivity index (χ4n) is 11.7. The SMILES string of the molecule is C=C(C)[C@H]1CC[C@]2(C(C)=O)CC[C@@]3(C)[C@H](CC[C@H]4[C@@]5(C)CC[C@H](O)C(C)(C)[C@H]5CC[C@]43C)[C@H]12. The van der Waals surface area contributed by atoms with Crippen molar-refractivity contribution in [1.29, 1.82) is 0 Å². The number of hydrogen-bond donors (Lipinski definition) is 1. The van der Waals surface area contributed by atoms with Gasteiger partial charge in [-0.15, -0.1) is 0 Å². The summed E-state index contributed by atoms with van der Waals surface area (Å²) >= 11 is 0. The summed E-state index contributed by atoms with van der Waals surface area (Å²) in [7, 11) is 0. The lowest BCUT2D eigenvalue weighted by molar-refractivity contribution is -0.246. The molecule has 5 aliphatic carbocycles. The number of aliphatic hydroxyl groups is 1. The van der Waals surface area contributed by atoms with Crippen LogP contribution in [0.5, 0.6) is 0 Å². The quantitative estimate of drug-likeness (QED) is 0.436. The van der Waals surface area contributed by atoms with Gasteiger partial charge in [0, 0.05) is 5.41 Å². The van der Waals surface area contributed by atoms with Crippen molar-refractivity contribution >= 4 is 5.78 Å². The molecule has 0 spiro atoms. The van der Waals surface area contributed by atoms with Gasteiger partial charge in [0.25, 0.3) is 0 Å². The molecule has 0 aromatic rings. The molecule has 5 saturated carbocycles. The van der Waals surface area contributed by atoms with Gasteiger partial charge in [-0.05, 0) is 129 Å². The lowest BCUT2D eigenvalue weighted by Gasteiger charge is -2.72. The van der Waals surface area contributed by atoms with Crippen molar-refractivity contribution in [3.63, 3.8) is 0 Å². The molecule has 0 unspecified atom stereocenters. The summed E-state index contributed by atoms with van der Waals surface area (Å²) in [5.74, 6) is 3.47. The molecule has 1 N–H and O–H groups in total. The first-order chi connectivity index (χ1) is 15.3. The Bertz CT molecular complexity index is 857. The maximum Gasteiger partial charge on any atom is 0.136 e. The molecule has 2 heteroatoms. The van der Waals surface area contributed by atoms with Crippen LogP contribution in [0, 0.1) is 56.7 Å². The molecule has 33 heavy (non-hydrogen) atoms. The number of fused-ring (bicyclic) bond motifs is 7. The summed E-state index contributed by atoms with van der Waals surface area (Å²) in [4.78, 5) is 13.2. The van der Waals surface area contributed by atoms with Crippen LogP contribution in [0.3, 0.4) is 0 Å². The van der Waals surface area contributed by atoms with E-state index in [0.29, 0.717) is 45.7 Å². The average Bonchev–Trinajstić information content (AvgIpc) is 3.13. The molecule has 186 valence electrons. The van der Waals surface area contributed by atoms with Gasteiger partial charge in [0.1, 0.15) is 5.78 Å². The average molecular weight is 455 g/mol. The van der Waals surface area contributed by atoms with E-state index in [1.807, 2.05) is 6.92 Å². The lowest BCUT2D eigenvalue weighted by Crippen LogP contribution is -2.67. The zero-order valence-corrected chi connectivity index (χ0v) is 22.6. The number of aliphatic hydroxyl groups excluding tert-OH is 1. The second-order valence-electron chi connectivity index (χ2n) is 14.8. The van der Waals surface area contributed by atoms with Gasteiger partial charge < -0.3 is 5.11 Å². The fraction of sp³-hybridized carbons (Fsp3) is 0.903. The van der Waals surface area contributed by atoms with E-state index >= 15 is 0 Å². The Morgan fingerprint density at radius 2 is 1.48 bits per heavy atom. The largest absolute Gasteiger partial charge is 0.393 e. The molecule has 0 bridgehead atoms. The Morgan fingerprint density at radius 1 is 0.788 bits per heavy atom. The van der Waals surface area contributed by atoms with E-state index in [-0.39, 0.29) is 16.9 Å². The zero-order chi connectivity index (χ0) is 24.2. The topological polar surface area (TPSA) is 37.3 Å². The smallest absolute Gasteiger partial charge is 0.136 e. The number of allylic oxidation sites excluding steroid dienone is 1. The predicted octanol–water partition coefficient (Wildman–Crippen LogP) is 7.59. The van der Waals surface area contributed by atoms with Crippen LogP contribution >= 0.6 is 0 Å². The molecule has 0 heterocycles. The van der Waals surface area contributed by atoms with Crippen LogP contribution in [0.15, 0.2) is 12.2 Å². The van der Waals surface area contributed by atoms with Gasteiger partial charge in [0.2, 0.25) is 0 Å². The van der Waals surface area contributed by atoms with Crippen molar-refractivity contribution < 1.29 is 9.90 Å². The second kappa shape index (κ2) is 7.21. The van der Waals surface area contributed by atoms with Crippen LogP contribution in [0.25, 0.3) is 0 Å². The minimum Gasteiger partial charge on any atom is -0.393 e. The highest BCUT2D eigenvalue weighted by Crippen LogP contribution is 2.77. The Balaban J connectivity index is 1.57. The molecule has 0 saturated heterocycles. The maximum atomic E-state index is 13.2. The molecule has 5 rings (SSSR count). The summed E-state index contributed by atoms with van der Waals surface area (Å²) in [5, 5.41) is 10.9. The van der Waals surface area contributed by atoms with Gasteiger partial charge in [0.15, 0.2) is 0 Å². The summed E-state index contributed by atoms with van der Waals surface area (Å²) in [6, 6.07) is 0. The van der Waals surface area contributed by atoms with Crippen LogP contribution in [-0.4, -0.2) is 17.0 Å². The first kappa shape index (κ1) is 24.1. The Morgan fingerprint density at radius 3 is 2.12 bits per heavy atom. The van der Waals surface area contributed by atoms with Crippen molar-refractivity contribution in [2.45, 2.75) is 119 Å². The van der Waals surface area contributed by atoms with Crippen molar-refractivity contribution in [2.75, 3.05) is 0 Å². The normalized spacial score (nSPS) is 55.0. The summed E-state index contributed by atoms with van der Waals surface area (Å²) in [5.41, 5.74) is 2.19. The first-order valence-corrected chi connectivity index (χ1v) is 14.1. The van der Waals surface area contributed by atoms with Crippen molar-refractivity contribution in [3.05, 3.63) is 12.2 Å². The summed E-state index contributed by atoms with van der Waals surface area (Å²) in [6.07, 6.45) is 11.7. The van der Waals surface area contributed by atoms with Gasteiger partial charge in [-0.25, -0.2) is 0 Å². The standard InChI is InChI=1S/C31H50O2/c1-19(2)21-11-16-31(20(3)32)18-17-29(7)22(26(21)31)9-10-24-28(6)14-13-25(33)27(4,5)23(28)12-15-30(24,29)8/h21-26,33H,1,9-18H2,2-8H3/t21-,22-,23-,24+,25+,26+,28+,29+,30-,31-/m1/s1. The highest BCUT2D eigenvalue weighted by atomic mass is 16.3. The molecular weight excluding hydrogens is 404 g/mol. The molecule has 0 radical (unpaired) electrons. The Hall–Kier alpha value is -0.630. The Labute approximate surface area is 203 Å². The third kappa shape index (κ3) is 2.80. The van der Waals surface area contributed by atoms with Gasteiger partial charge in [-0.3, -0.25) is 4.79 Å². The lowest BCUT2D eigenvalue weighted by atomic mass is 9.32. The second-order valence-corrected chi connectivity index (χ2v) is 14.8.